The second-order valence-corrected chi connectivity index (χ2v) is 11.4. The fraction of sp³-hybridized carbons (Fsp3) is 0.684. The van der Waals surface area contributed by atoms with Crippen molar-refractivity contribution in [2.75, 3.05) is 31.3 Å². The summed E-state index contributed by atoms with van der Waals surface area (Å²) in [5, 5.41) is 9.09. The Kier molecular flexibility index (Phi) is 7.21. The molecule has 2 aliphatic heterocycles. The van der Waals surface area contributed by atoms with Gasteiger partial charge >= 0.3 is 7.82 Å². The van der Waals surface area contributed by atoms with E-state index in [1.807, 2.05) is 6.92 Å². The first kappa shape index (κ1) is 25.3. The number of aliphatic hydroxyl groups excluding tert-OH is 1. The van der Waals surface area contributed by atoms with Crippen LogP contribution in [0, 0.1) is 11.3 Å². The molecular weight excluding hydrogens is 489 g/mol. The van der Waals surface area contributed by atoms with Crippen molar-refractivity contribution in [2.24, 2.45) is 11.3 Å². The summed E-state index contributed by atoms with van der Waals surface area (Å²) in [5.41, 5.74) is 4.78. The number of aliphatic hydroxyl groups is 1. The molecule has 15 heteroatoms. The lowest BCUT2D eigenvalue weighted by Crippen LogP contribution is -2.37. The van der Waals surface area contributed by atoms with E-state index in [0.717, 1.165) is 11.8 Å². The molecule has 0 saturated carbocycles. The number of phosphoric ester groups is 1. The number of rotatable bonds is 8. The predicted molar refractivity (Wildman–Crippen MR) is 123 cm³/mol. The third-order valence-corrected chi connectivity index (χ3v) is 8.48. The van der Waals surface area contributed by atoms with E-state index in [-0.39, 0.29) is 53.7 Å². The monoisotopic (exact) mass is 517 g/mol. The maximum atomic E-state index is 13.1. The number of nitrogens with zero attached hydrogens (tertiary/aromatic N) is 3. The van der Waals surface area contributed by atoms with Crippen LogP contribution < -0.4 is 11.3 Å². The Bertz CT molecular complexity index is 1170. The van der Waals surface area contributed by atoms with Crippen molar-refractivity contribution in [1.29, 1.82) is 0 Å². The van der Waals surface area contributed by atoms with E-state index in [0.29, 0.717) is 6.42 Å². The number of imidazole rings is 1. The second kappa shape index (κ2) is 9.69. The molecule has 0 bridgehead atoms. The summed E-state index contributed by atoms with van der Waals surface area (Å²) in [5.74, 6) is -0.0720. The van der Waals surface area contributed by atoms with Crippen LogP contribution in [-0.4, -0.2) is 67.5 Å². The van der Waals surface area contributed by atoms with Gasteiger partial charge < -0.3 is 15.6 Å². The van der Waals surface area contributed by atoms with Crippen LogP contribution in [0.2, 0.25) is 0 Å². The van der Waals surface area contributed by atoms with Crippen LogP contribution in [0.25, 0.3) is 11.2 Å². The molecule has 2 saturated heterocycles. The van der Waals surface area contributed by atoms with Gasteiger partial charge in [-0.3, -0.25) is 32.7 Å². The number of H-pyrrole nitrogens is 1. The third kappa shape index (κ3) is 4.81. The molecule has 13 nitrogen and oxygen atoms in total. The molecule has 0 amide bonds. The summed E-state index contributed by atoms with van der Waals surface area (Å²) in [7, 11) is -3.88. The number of aromatic nitrogens is 4. The van der Waals surface area contributed by atoms with Crippen molar-refractivity contribution in [3.05, 3.63) is 16.7 Å². The predicted octanol–water partition coefficient (Wildman–Crippen LogP) is 1.44. The Morgan fingerprint density at radius 3 is 2.97 bits per heavy atom. The molecule has 2 aromatic heterocycles. The van der Waals surface area contributed by atoms with E-state index in [9.17, 15) is 19.3 Å². The van der Waals surface area contributed by atoms with Crippen LogP contribution in [-0.2, 0) is 27.7 Å². The normalized spacial score (nSPS) is 29.4. The van der Waals surface area contributed by atoms with Crippen molar-refractivity contribution < 1.29 is 32.8 Å². The summed E-state index contributed by atoms with van der Waals surface area (Å²) in [6.07, 6.45) is 0.358. The van der Waals surface area contributed by atoms with Gasteiger partial charge in [-0.2, -0.15) is 4.98 Å². The minimum atomic E-state index is -3.88. The number of hydrogen-bond acceptors (Lipinski definition) is 12. The Morgan fingerprint density at radius 1 is 1.50 bits per heavy atom. The van der Waals surface area contributed by atoms with Crippen LogP contribution in [0.4, 0.5) is 5.95 Å². The molecule has 2 aromatic rings. The number of aromatic amines is 1. The van der Waals surface area contributed by atoms with Gasteiger partial charge in [0.15, 0.2) is 16.3 Å². The molecule has 188 valence electrons. The van der Waals surface area contributed by atoms with Gasteiger partial charge in [0.05, 0.1) is 31.6 Å². The summed E-state index contributed by atoms with van der Waals surface area (Å²) < 4.78 is 37.4. The maximum Gasteiger partial charge on any atom is 0.475 e. The second-order valence-electron chi connectivity index (χ2n) is 8.74. The van der Waals surface area contributed by atoms with Gasteiger partial charge in [0.25, 0.3) is 5.56 Å². The zero-order valence-electron chi connectivity index (χ0n) is 19.0. The van der Waals surface area contributed by atoms with Crippen LogP contribution >= 0.6 is 19.6 Å². The number of fused-ring (bicyclic) bond motifs is 2. The molecule has 5 unspecified atom stereocenters. The summed E-state index contributed by atoms with van der Waals surface area (Å²) >= 11 is 0.985. The number of carbonyl (C=O) groups excluding carboxylic acids is 1. The van der Waals surface area contributed by atoms with E-state index >= 15 is 0 Å². The van der Waals surface area contributed by atoms with Crippen molar-refractivity contribution in [3.63, 3.8) is 0 Å². The van der Waals surface area contributed by atoms with E-state index < -0.39 is 37.2 Å². The Balaban J connectivity index is 1.44. The number of carbonyl (C=O) groups is 1. The SMILES string of the molecule is CCC1C2OP(=O)(OCCSC(=O)C(C)(C)CO)OCC2OC1n1cnc2c(=O)[nH]c(N)nc21. The number of nitrogens with one attached hydrogen (secondary N) is 1. The molecule has 0 aromatic carbocycles. The van der Waals surface area contributed by atoms with Crippen molar-refractivity contribution in [1.82, 2.24) is 19.5 Å². The number of nitrogen functional groups attached to an aromatic ring is 1. The largest absolute Gasteiger partial charge is 0.475 e. The lowest BCUT2D eigenvalue weighted by Gasteiger charge is -2.32. The highest BCUT2D eigenvalue weighted by molar-refractivity contribution is 8.13. The van der Waals surface area contributed by atoms with Crippen molar-refractivity contribution in [2.45, 2.75) is 45.6 Å². The Morgan fingerprint density at radius 2 is 2.26 bits per heavy atom. The summed E-state index contributed by atoms with van der Waals surface area (Å²) in [4.78, 5) is 35.0. The highest BCUT2D eigenvalue weighted by Gasteiger charge is 2.53. The fourth-order valence-corrected chi connectivity index (χ4v) is 6.23. The van der Waals surface area contributed by atoms with Gasteiger partial charge in [0, 0.05) is 11.7 Å². The summed E-state index contributed by atoms with van der Waals surface area (Å²) in [6, 6.07) is 0. The zero-order chi connectivity index (χ0) is 24.7. The highest BCUT2D eigenvalue weighted by atomic mass is 32.2. The molecule has 4 rings (SSSR count). The number of ether oxygens (including phenoxy) is 1. The zero-order valence-corrected chi connectivity index (χ0v) is 20.7. The molecule has 2 aliphatic rings. The quantitative estimate of drug-likeness (QED) is 0.339. The lowest BCUT2D eigenvalue weighted by molar-refractivity contribution is -0.119. The molecule has 5 atom stereocenters. The first-order chi connectivity index (χ1) is 16.1. The molecule has 4 heterocycles. The van der Waals surface area contributed by atoms with E-state index in [1.54, 1.807) is 18.4 Å². The molecule has 0 spiro atoms. The van der Waals surface area contributed by atoms with E-state index in [4.69, 9.17) is 24.0 Å². The van der Waals surface area contributed by atoms with Gasteiger partial charge in [0.1, 0.15) is 18.4 Å². The average Bonchev–Trinajstić information content (AvgIpc) is 3.37. The standard InChI is InChI=1S/C19H28N5O8PS/c1-4-10-13-11(31-16(10)24-9-21-12-14(24)22-18(20)23-15(12)26)7-30-33(28,32-13)29-5-6-34-17(27)19(2,3)8-25/h9-11,13,16,25H,4-8H2,1-3H3,(H3,20,22,23,26). The van der Waals surface area contributed by atoms with Crippen LogP contribution in [0.1, 0.15) is 33.4 Å². The molecule has 0 radical (unpaired) electrons. The average molecular weight is 518 g/mol. The smallest absolute Gasteiger partial charge is 0.395 e. The van der Waals surface area contributed by atoms with Crippen LogP contribution in [0.15, 0.2) is 11.1 Å². The van der Waals surface area contributed by atoms with Crippen LogP contribution in [0.5, 0.6) is 0 Å². The number of phosphoric acid groups is 1. The fourth-order valence-electron chi connectivity index (χ4n) is 3.87. The van der Waals surface area contributed by atoms with Crippen molar-refractivity contribution >= 4 is 41.8 Å². The van der Waals surface area contributed by atoms with Gasteiger partial charge in [-0.05, 0) is 20.3 Å². The molecule has 34 heavy (non-hydrogen) atoms. The molecule has 2 fully saturated rings. The topological polar surface area (TPSA) is 181 Å². The molecule has 4 N–H and O–H groups in total. The lowest BCUT2D eigenvalue weighted by atomic mass is 9.97. The first-order valence-corrected chi connectivity index (χ1v) is 13.3. The van der Waals surface area contributed by atoms with Crippen molar-refractivity contribution in [3.8, 4) is 0 Å². The molecule has 0 aliphatic carbocycles. The van der Waals surface area contributed by atoms with E-state index in [2.05, 4.69) is 15.0 Å². The van der Waals surface area contributed by atoms with Gasteiger partial charge in [-0.25, -0.2) is 9.55 Å². The molecular formula is C19H28N5O8PS. The number of nitrogens with two attached hydrogens (primary N) is 1. The number of thioether (sulfide) groups is 1. The number of hydrogen-bond donors (Lipinski definition) is 3. The maximum absolute atomic E-state index is 13.1. The first-order valence-electron chi connectivity index (χ1n) is 10.8. The Hall–Kier alpha value is -1.80. The van der Waals surface area contributed by atoms with Gasteiger partial charge in [-0.15, -0.1) is 0 Å². The number of anilines is 1. The van der Waals surface area contributed by atoms with Crippen LogP contribution in [0.3, 0.4) is 0 Å². The minimum Gasteiger partial charge on any atom is -0.395 e. The van der Waals surface area contributed by atoms with Gasteiger partial charge in [0.2, 0.25) is 5.95 Å². The third-order valence-electron chi connectivity index (χ3n) is 5.83. The minimum absolute atomic E-state index is 0.0126. The van der Waals surface area contributed by atoms with Gasteiger partial charge in [-0.1, -0.05) is 18.7 Å². The summed E-state index contributed by atoms with van der Waals surface area (Å²) in [6.45, 7) is 4.91. The van der Waals surface area contributed by atoms with E-state index in [1.165, 1.54) is 6.33 Å². The highest BCUT2D eigenvalue weighted by Crippen LogP contribution is 2.58. The Labute approximate surface area is 199 Å².